The Morgan fingerprint density at radius 1 is 1.28 bits per heavy atom. The lowest BCUT2D eigenvalue weighted by molar-refractivity contribution is 0.557. The predicted molar refractivity (Wildman–Crippen MR) is 69.5 cm³/mol. The molecule has 0 radical (unpaired) electrons. The summed E-state index contributed by atoms with van der Waals surface area (Å²) in [7, 11) is -3.64. The Morgan fingerprint density at radius 3 is 2.56 bits per heavy atom. The number of hydrogen-bond acceptors (Lipinski definition) is 3. The highest BCUT2D eigenvalue weighted by Crippen LogP contribution is 2.15. The maximum absolute atomic E-state index is 13.1. The number of hydrogen-bond donors (Lipinski definition) is 2. The summed E-state index contributed by atoms with van der Waals surface area (Å²) in [5.74, 6) is -0.554. The summed E-state index contributed by atoms with van der Waals surface area (Å²) in [5, 5.41) is 3.09. The molecule has 6 heteroatoms. The Labute approximate surface area is 108 Å². The molecule has 0 spiro atoms. The van der Waals surface area contributed by atoms with E-state index in [1.165, 1.54) is 12.1 Å². The lowest BCUT2D eigenvalue weighted by Gasteiger charge is -2.11. The molecule has 4 nitrogen and oxygen atoms in total. The minimum Gasteiger partial charge on any atom is -0.313 e. The topological polar surface area (TPSA) is 58.2 Å². The van der Waals surface area contributed by atoms with Crippen LogP contribution < -0.4 is 10.0 Å². The molecule has 1 aromatic rings. The quantitative estimate of drug-likeness (QED) is 0.771. The third kappa shape index (κ3) is 4.36. The van der Waals surface area contributed by atoms with Crippen molar-refractivity contribution in [3.63, 3.8) is 0 Å². The average Bonchev–Trinajstić information content (AvgIpc) is 2.27. The molecule has 0 aliphatic heterocycles. The molecule has 0 heterocycles. The van der Waals surface area contributed by atoms with Crippen LogP contribution in [0.5, 0.6) is 0 Å². The smallest absolute Gasteiger partial charge is 0.240 e. The molecule has 0 aliphatic carbocycles. The van der Waals surface area contributed by atoms with Crippen LogP contribution in [-0.2, 0) is 10.0 Å². The van der Waals surface area contributed by atoms with Gasteiger partial charge >= 0.3 is 0 Å². The van der Waals surface area contributed by atoms with Crippen molar-refractivity contribution in [1.29, 1.82) is 0 Å². The second kappa shape index (κ2) is 6.26. The molecule has 0 atom stereocenters. The first kappa shape index (κ1) is 15.1. The Balaban J connectivity index is 2.71. The molecule has 0 fully saturated rings. The lowest BCUT2D eigenvalue weighted by Crippen LogP contribution is -2.34. The largest absolute Gasteiger partial charge is 0.313 e. The summed E-state index contributed by atoms with van der Waals surface area (Å²) in [6, 6.07) is 4.03. The van der Waals surface area contributed by atoms with Gasteiger partial charge in [0.2, 0.25) is 10.0 Å². The van der Waals surface area contributed by atoms with Gasteiger partial charge in [0.05, 0.1) is 4.90 Å². The normalized spacial score (nSPS) is 12.1. The number of rotatable bonds is 6. The second-order valence-electron chi connectivity index (χ2n) is 4.42. The van der Waals surface area contributed by atoms with Crippen molar-refractivity contribution in [3.8, 4) is 0 Å². The number of nitrogens with one attached hydrogen (secondary N) is 2. The van der Waals surface area contributed by atoms with Crippen LogP contribution in [0, 0.1) is 12.7 Å². The van der Waals surface area contributed by atoms with Crippen LogP contribution in [0.25, 0.3) is 0 Å². The third-order valence-corrected chi connectivity index (χ3v) is 4.01. The molecule has 1 rings (SSSR count). The SMILES string of the molecule is Cc1ccc(F)cc1S(=O)(=O)NCCNC(C)C. The van der Waals surface area contributed by atoms with Gasteiger partial charge in [-0.25, -0.2) is 17.5 Å². The van der Waals surface area contributed by atoms with Crippen molar-refractivity contribution < 1.29 is 12.8 Å². The summed E-state index contributed by atoms with van der Waals surface area (Å²) in [6.45, 7) is 6.40. The molecule has 18 heavy (non-hydrogen) atoms. The van der Waals surface area contributed by atoms with Crippen molar-refractivity contribution in [2.24, 2.45) is 0 Å². The van der Waals surface area contributed by atoms with Gasteiger partial charge in [0.25, 0.3) is 0 Å². The fourth-order valence-electron chi connectivity index (χ4n) is 1.49. The molecule has 1 aromatic carbocycles. The van der Waals surface area contributed by atoms with Gasteiger partial charge in [0.15, 0.2) is 0 Å². The molecule has 0 amide bonds. The minimum absolute atomic E-state index is 0.00736. The molecular formula is C12H19FN2O2S. The van der Waals surface area contributed by atoms with Gasteiger partial charge in [-0.1, -0.05) is 19.9 Å². The van der Waals surface area contributed by atoms with E-state index in [-0.39, 0.29) is 11.4 Å². The van der Waals surface area contributed by atoms with Crippen molar-refractivity contribution in [2.45, 2.75) is 31.7 Å². The summed E-state index contributed by atoms with van der Waals surface area (Å²) < 4.78 is 39.4. The third-order valence-electron chi connectivity index (χ3n) is 2.41. The molecule has 0 saturated heterocycles. The number of sulfonamides is 1. The Kier molecular flexibility index (Phi) is 5.25. The van der Waals surface area contributed by atoms with E-state index in [0.29, 0.717) is 18.2 Å². The van der Waals surface area contributed by atoms with Crippen LogP contribution in [0.2, 0.25) is 0 Å². The Hall–Kier alpha value is -0.980. The van der Waals surface area contributed by atoms with Gasteiger partial charge in [0.1, 0.15) is 5.82 Å². The van der Waals surface area contributed by atoms with E-state index in [0.717, 1.165) is 6.07 Å². The monoisotopic (exact) mass is 274 g/mol. The van der Waals surface area contributed by atoms with Crippen molar-refractivity contribution in [1.82, 2.24) is 10.0 Å². The summed E-state index contributed by atoms with van der Waals surface area (Å²) in [5.41, 5.74) is 0.528. The molecule has 102 valence electrons. The Morgan fingerprint density at radius 2 is 1.94 bits per heavy atom. The van der Waals surface area contributed by atoms with E-state index < -0.39 is 15.8 Å². The average molecular weight is 274 g/mol. The lowest BCUT2D eigenvalue weighted by atomic mass is 10.2. The first-order chi connectivity index (χ1) is 8.33. The fraction of sp³-hybridized carbons (Fsp3) is 0.500. The fourth-order valence-corrected chi connectivity index (χ4v) is 2.77. The van der Waals surface area contributed by atoms with Crippen molar-refractivity contribution in [3.05, 3.63) is 29.6 Å². The summed E-state index contributed by atoms with van der Waals surface area (Å²) in [6.07, 6.45) is 0. The van der Waals surface area contributed by atoms with E-state index in [4.69, 9.17) is 0 Å². The maximum atomic E-state index is 13.1. The highest BCUT2D eigenvalue weighted by atomic mass is 32.2. The van der Waals surface area contributed by atoms with Crippen LogP contribution >= 0.6 is 0 Å². The highest BCUT2D eigenvalue weighted by Gasteiger charge is 2.16. The van der Waals surface area contributed by atoms with Gasteiger partial charge in [-0.05, 0) is 24.6 Å². The zero-order valence-corrected chi connectivity index (χ0v) is 11.6. The van der Waals surface area contributed by atoms with Crippen molar-refractivity contribution in [2.75, 3.05) is 13.1 Å². The van der Waals surface area contributed by atoms with E-state index in [1.807, 2.05) is 13.8 Å². The maximum Gasteiger partial charge on any atom is 0.240 e. The Bertz CT molecular complexity index is 501. The molecular weight excluding hydrogens is 255 g/mol. The van der Waals surface area contributed by atoms with Crippen molar-refractivity contribution >= 4 is 10.0 Å². The summed E-state index contributed by atoms with van der Waals surface area (Å²) >= 11 is 0. The van der Waals surface area contributed by atoms with E-state index in [9.17, 15) is 12.8 Å². The van der Waals surface area contributed by atoms with Gasteiger partial charge in [0, 0.05) is 19.1 Å². The standard InChI is InChI=1S/C12H19FN2O2S/c1-9(2)14-6-7-15-18(16,17)12-8-11(13)5-4-10(12)3/h4-5,8-9,14-15H,6-7H2,1-3H3. The van der Waals surface area contributed by atoms with Crippen LogP contribution in [0.3, 0.4) is 0 Å². The zero-order valence-electron chi connectivity index (χ0n) is 10.8. The minimum atomic E-state index is -3.64. The van der Waals surface area contributed by atoms with Crippen LogP contribution in [0.15, 0.2) is 23.1 Å². The molecule has 0 bridgehead atoms. The zero-order chi connectivity index (χ0) is 13.8. The number of halogens is 1. The molecule has 0 unspecified atom stereocenters. The first-order valence-corrected chi connectivity index (χ1v) is 7.30. The number of benzene rings is 1. The molecule has 0 saturated carbocycles. The second-order valence-corrected chi connectivity index (χ2v) is 6.15. The van der Waals surface area contributed by atoms with E-state index in [1.54, 1.807) is 6.92 Å². The highest BCUT2D eigenvalue weighted by molar-refractivity contribution is 7.89. The van der Waals surface area contributed by atoms with Gasteiger partial charge in [-0.3, -0.25) is 0 Å². The summed E-state index contributed by atoms with van der Waals surface area (Å²) in [4.78, 5) is -0.00736. The van der Waals surface area contributed by atoms with Gasteiger partial charge < -0.3 is 5.32 Å². The first-order valence-electron chi connectivity index (χ1n) is 5.82. The predicted octanol–water partition coefficient (Wildman–Crippen LogP) is 1.41. The molecule has 0 aromatic heterocycles. The van der Waals surface area contributed by atoms with Crippen LogP contribution in [0.1, 0.15) is 19.4 Å². The van der Waals surface area contributed by atoms with Gasteiger partial charge in [-0.15, -0.1) is 0 Å². The van der Waals surface area contributed by atoms with E-state index in [2.05, 4.69) is 10.0 Å². The van der Waals surface area contributed by atoms with E-state index >= 15 is 0 Å². The molecule has 2 N–H and O–H groups in total. The van der Waals surface area contributed by atoms with Gasteiger partial charge in [-0.2, -0.15) is 0 Å². The number of aryl methyl sites for hydroxylation is 1. The van der Waals surface area contributed by atoms with Crippen LogP contribution in [-0.4, -0.2) is 27.5 Å². The van der Waals surface area contributed by atoms with Crippen LogP contribution in [0.4, 0.5) is 4.39 Å². The molecule has 0 aliphatic rings.